The molecule has 1 aromatic rings. The number of carbonyl (C=O) groups is 1. The Morgan fingerprint density at radius 1 is 1.31 bits per heavy atom. The standard InChI is InChI=1S/C28H41NO2S/c1-20-9-8-11-21(15-20)10-6-7-12-24-25-17-22(16-23(25)18-26(24)30)19-32-14-13-27(31)29(5)28(2,3)4/h7-9,11-12,15-16,23-26,30H,6,10,13-14,17-19H2,1-5H3/b12-7+/t23-,24+,25-,26+/m0/s1. The zero-order valence-electron chi connectivity index (χ0n) is 20.5. The molecule has 4 heteroatoms. The Hall–Kier alpha value is -1.52. The SMILES string of the molecule is Cc1cccc(CC/C=C/[C@@H]2[C@H]3CC(CSCCC(=O)N(C)C(C)(C)C)=C[C@H]3C[C@H]2O)c1. The van der Waals surface area contributed by atoms with E-state index in [4.69, 9.17) is 0 Å². The van der Waals surface area contributed by atoms with Crippen LogP contribution in [0.15, 0.2) is 48.1 Å². The van der Waals surface area contributed by atoms with Crippen LogP contribution in [-0.2, 0) is 11.2 Å². The van der Waals surface area contributed by atoms with Gasteiger partial charge in [-0.3, -0.25) is 4.79 Å². The number of aliphatic hydroxyl groups is 1. The van der Waals surface area contributed by atoms with Crippen molar-refractivity contribution in [1.82, 2.24) is 4.90 Å². The summed E-state index contributed by atoms with van der Waals surface area (Å²) in [5.41, 5.74) is 4.09. The summed E-state index contributed by atoms with van der Waals surface area (Å²) in [6.45, 7) is 8.35. The molecule has 0 aliphatic heterocycles. The Bertz CT molecular complexity index is 838. The molecule has 176 valence electrons. The molecular formula is C28H41NO2S. The van der Waals surface area contributed by atoms with E-state index in [9.17, 15) is 9.90 Å². The first-order valence-corrected chi connectivity index (χ1v) is 13.2. The maximum absolute atomic E-state index is 12.3. The average Bonchev–Trinajstić information content (AvgIpc) is 3.24. The highest BCUT2D eigenvalue weighted by atomic mass is 32.2. The second-order valence-electron chi connectivity index (χ2n) is 10.6. The number of rotatable bonds is 9. The van der Waals surface area contributed by atoms with Crippen LogP contribution in [0.2, 0.25) is 0 Å². The number of hydrogen-bond donors (Lipinski definition) is 1. The third-order valence-corrected chi connectivity index (χ3v) is 8.19. The van der Waals surface area contributed by atoms with Gasteiger partial charge in [0.2, 0.25) is 5.91 Å². The van der Waals surface area contributed by atoms with Crippen LogP contribution in [0, 0.1) is 24.7 Å². The number of amides is 1. The number of aryl methyl sites for hydroxylation is 2. The lowest BCUT2D eigenvalue weighted by Crippen LogP contribution is -2.42. The number of hydrogen-bond acceptors (Lipinski definition) is 3. The molecule has 0 unspecified atom stereocenters. The monoisotopic (exact) mass is 455 g/mol. The minimum absolute atomic E-state index is 0.115. The summed E-state index contributed by atoms with van der Waals surface area (Å²) in [5, 5.41) is 10.6. The van der Waals surface area contributed by atoms with Gasteiger partial charge in [0.05, 0.1) is 6.10 Å². The maximum Gasteiger partial charge on any atom is 0.223 e. The fourth-order valence-corrected chi connectivity index (χ4v) is 5.93. The highest BCUT2D eigenvalue weighted by Gasteiger charge is 2.43. The quantitative estimate of drug-likeness (QED) is 0.377. The van der Waals surface area contributed by atoms with Gasteiger partial charge in [-0.2, -0.15) is 11.8 Å². The molecule has 1 fully saturated rings. The molecule has 0 heterocycles. The lowest BCUT2D eigenvalue weighted by atomic mass is 9.89. The van der Waals surface area contributed by atoms with Crippen molar-refractivity contribution in [3.8, 4) is 0 Å². The highest BCUT2D eigenvalue weighted by Crippen LogP contribution is 2.47. The van der Waals surface area contributed by atoms with Gasteiger partial charge in [-0.05, 0) is 70.8 Å². The fourth-order valence-electron chi connectivity index (χ4n) is 4.99. The molecule has 1 amide bonds. The summed E-state index contributed by atoms with van der Waals surface area (Å²) in [6, 6.07) is 8.72. The van der Waals surface area contributed by atoms with E-state index in [1.807, 2.05) is 23.7 Å². The third kappa shape index (κ3) is 6.74. The van der Waals surface area contributed by atoms with Crippen LogP contribution in [0.5, 0.6) is 0 Å². The number of fused-ring (bicyclic) bond motifs is 1. The minimum atomic E-state index is -0.212. The zero-order valence-corrected chi connectivity index (χ0v) is 21.3. The molecule has 3 rings (SSSR count). The van der Waals surface area contributed by atoms with Gasteiger partial charge in [-0.25, -0.2) is 0 Å². The van der Waals surface area contributed by atoms with E-state index in [-0.39, 0.29) is 23.5 Å². The van der Waals surface area contributed by atoms with Gasteiger partial charge in [0.15, 0.2) is 0 Å². The van der Waals surface area contributed by atoms with Gasteiger partial charge >= 0.3 is 0 Å². The van der Waals surface area contributed by atoms with Gasteiger partial charge in [-0.1, -0.05) is 53.6 Å². The van der Waals surface area contributed by atoms with Crippen molar-refractivity contribution in [2.24, 2.45) is 17.8 Å². The van der Waals surface area contributed by atoms with E-state index >= 15 is 0 Å². The second-order valence-corrected chi connectivity index (χ2v) is 11.7. The molecule has 2 aliphatic carbocycles. The molecule has 4 atom stereocenters. The van der Waals surface area contributed by atoms with Gasteiger partial charge < -0.3 is 10.0 Å². The molecule has 1 aromatic carbocycles. The summed E-state index contributed by atoms with van der Waals surface area (Å²) in [4.78, 5) is 14.2. The van der Waals surface area contributed by atoms with Crippen LogP contribution in [0.25, 0.3) is 0 Å². The van der Waals surface area contributed by atoms with Gasteiger partial charge in [0.25, 0.3) is 0 Å². The highest BCUT2D eigenvalue weighted by molar-refractivity contribution is 7.99. The average molecular weight is 456 g/mol. The molecule has 0 radical (unpaired) electrons. The molecule has 3 nitrogen and oxygen atoms in total. The predicted molar refractivity (Wildman–Crippen MR) is 137 cm³/mol. The summed E-state index contributed by atoms with van der Waals surface area (Å²) >= 11 is 1.87. The zero-order chi connectivity index (χ0) is 23.3. The Morgan fingerprint density at radius 3 is 2.81 bits per heavy atom. The first-order valence-electron chi connectivity index (χ1n) is 12.1. The largest absolute Gasteiger partial charge is 0.392 e. The lowest BCUT2D eigenvalue weighted by Gasteiger charge is -2.32. The number of thioether (sulfide) groups is 1. The molecule has 1 N–H and O–H groups in total. The van der Waals surface area contributed by atoms with Crippen LogP contribution >= 0.6 is 11.8 Å². The molecule has 1 saturated carbocycles. The third-order valence-electron chi connectivity index (χ3n) is 7.12. The Balaban J connectivity index is 1.41. The van der Waals surface area contributed by atoms with Crippen molar-refractivity contribution in [1.29, 1.82) is 0 Å². The second kappa shape index (κ2) is 11.1. The van der Waals surface area contributed by atoms with E-state index in [2.05, 4.69) is 70.2 Å². The van der Waals surface area contributed by atoms with Crippen LogP contribution in [0.4, 0.5) is 0 Å². The van der Waals surface area contributed by atoms with Crippen molar-refractivity contribution >= 4 is 17.7 Å². The summed E-state index contributed by atoms with van der Waals surface area (Å²) < 4.78 is 0. The molecule has 0 saturated heterocycles. The van der Waals surface area contributed by atoms with Gasteiger partial charge in [-0.15, -0.1) is 0 Å². The number of allylic oxidation sites excluding steroid dienone is 2. The molecule has 0 aromatic heterocycles. The number of carbonyl (C=O) groups excluding carboxylic acids is 1. The van der Waals surface area contributed by atoms with E-state index in [1.54, 1.807) is 0 Å². The fraction of sp³-hybridized carbons (Fsp3) is 0.607. The molecule has 0 spiro atoms. The molecular weight excluding hydrogens is 414 g/mol. The summed E-state index contributed by atoms with van der Waals surface area (Å²) in [5.74, 6) is 3.45. The summed E-state index contributed by atoms with van der Waals surface area (Å²) in [6.07, 6.45) is 11.4. The molecule has 32 heavy (non-hydrogen) atoms. The minimum Gasteiger partial charge on any atom is -0.392 e. The van der Waals surface area contributed by atoms with Crippen molar-refractivity contribution in [2.45, 2.75) is 71.4 Å². The topological polar surface area (TPSA) is 40.5 Å². The van der Waals surface area contributed by atoms with Crippen LogP contribution in [0.3, 0.4) is 0 Å². The van der Waals surface area contributed by atoms with Crippen molar-refractivity contribution in [3.05, 3.63) is 59.2 Å². The first kappa shape index (κ1) is 25.1. The van der Waals surface area contributed by atoms with E-state index in [1.165, 1.54) is 16.7 Å². The van der Waals surface area contributed by atoms with E-state index in [0.29, 0.717) is 18.3 Å². The van der Waals surface area contributed by atoms with Crippen molar-refractivity contribution in [3.63, 3.8) is 0 Å². The van der Waals surface area contributed by atoms with Crippen molar-refractivity contribution < 1.29 is 9.90 Å². The Kier molecular flexibility index (Phi) is 8.68. The summed E-state index contributed by atoms with van der Waals surface area (Å²) in [7, 11) is 1.90. The normalized spacial score (nSPS) is 25.2. The van der Waals surface area contributed by atoms with Crippen LogP contribution < -0.4 is 0 Å². The van der Waals surface area contributed by atoms with E-state index in [0.717, 1.165) is 37.2 Å². The predicted octanol–water partition coefficient (Wildman–Crippen LogP) is 5.81. The van der Waals surface area contributed by atoms with Crippen LogP contribution in [0.1, 0.15) is 57.6 Å². The lowest BCUT2D eigenvalue weighted by molar-refractivity contribution is -0.133. The van der Waals surface area contributed by atoms with Crippen molar-refractivity contribution in [2.75, 3.05) is 18.6 Å². The maximum atomic E-state index is 12.3. The van der Waals surface area contributed by atoms with Crippen LogP contribution in [-0.4, -0.2) is 46.1 Å². The number of nitrogens with zero attached hydrogens (tertiary/aromatic N) is 1. The number of aliphatic hydroxyl groups excluding tert-OH is 1. The van der Waals surface area contributed by atoms with Gasteiger partial charge in [0.1, 0.15) is 0 Å². The number of benzene rings is 1. The Morgan fingerprint density at radius 2 is 2.09 bits per heavy atom. The smallest absolute Gasteiger partial charge is 0.223 e. The molecule has 0 bridgehead atoms. The van der Waals surface area contributed by atoms with Gasteiger partial charge in [0, 0.05) is 36.4 Å². The first-order chi connectivity index (χ1) is 15.1. The molecule has 2 aliphatic rings. The Labute approximate surface area is 199 Å². The van der Waals surface area contributed by atoms with E-state index < -0.39 is 0 Å².